The summed E-state index contributed by atoms with van der Waals surface area (Å²) in [4.78, 5) is 25.7. The zero-order chi connectivity index (χ0) is 25.3. The van der Waals surface area contributed by atoms with E-state index in [0.717, 1.165) is 18.2 Å². The number of ether oxygens (including phenoxy) is 1. The molecule has 0 radical (unpaired) electrons. The van der Waals surface area contributed by atoms with Gasteiger partial charge in [0.15, 0.2) is 5.78 Å². The van der Waals surface area contributed by atoms with Crippen LogP contribution in [0.25, 0.3) is 0 Å². The van der Waals surface area contributed by atoms with Crippen molar-refractivity contribution in [3.63, 3.8) is 0 Å². The fraction of sp³-hybridized carbons (Fsp3) is 0.130. The van der Waals surface area contributed by atoms with E-state index in [2.05, 4.69) is 5.32 Å². The van der Waals surface area contributed by atoms with Gasteiger partial charge in [0.25, 0.3) is 5.91 Å². The van der Waals surface area contributed by atoms with Crippen LogP contribution in [0.3, 0.4) is 0 Å². The zero-order valence-corrected chi connectivity index (χ0v) is 17.9. The maximum absolute atomic E-state index is 13.3. The van der Waals surface area contributed by atoms with Gasteiger partial charge in [-0.05, 0) is 48.5 Å². The molecular formula is C23H14ClF6NO3. The molecule has 0 fully saturated rings. The first-order valence-electron chi connectivity index (χ1n) is 9.39. The lowest BCUT2D eigenvalue weighted by Crippen LogP contribution is -2.17. The van der Waals surface area contributed by atoms with Crippen LogP contribution in [-0.2, 0) is 12.4 Å². The van der Waals surface area contributed by atoms with Crippen molar-refractivity contribution in [1.82, 2.24) is 0 Å². The van der Waals surface area contributed by atoms with Crippen molar-refractivity contribution in [3.05, 3.63) is 93.5 Å². The first-order valence-corrected chi connectivity index (χ1v) is 9.77. The molecule has 0 bridgehead atoms. The molecule has 0 aromatic heterocycles. The molecule has 0 aliphatic carbocycles. The normalized spacial score (nSPS) is 11.8. The third-order valence-electron chi connectivity index (χ3n) is 4.72. The molecule has 0 saturated carbocycles. The molecule has 0 heterocycles. The van der Waals surface area contributed by atoms with Gasteiger partial charge in [-0.15, -0.1) is 0 Å². The lowest BCUT2D eigenvalue weighted by molar-refractivity contribution is -0.138. The number of hydrogen-bond donors (Lipinski definition) is 1. The fourth-order valence-corrected chi connectivity index (χ4v) is 3.19. The maximum Gasteiger partial charge on any atom is 0.416 e. The maximum atomic E-state index is 13.3. The monoisotopic (exact) mass is 501 g/mol. The van der Waals surface area contributed by atoms with E-state index in [1.54, 1.807) is 0 Å². The molecule has 0 atom stereocenters. The predicted octanol–water partition coefficient (Wildman–Crippen LogP) is 6.87. The van der Waals surface area contributed by atoms with Crippen LogP contribution in [0.4, 0.5) is 32.0 Å². The van der Waals surface area contributed by atoms with E-state index < -0.39 is 40.7 Å². The highest BCUT2D eigenvalue weighted by molar-refractivity contribution is 6.31. The van der Waals surface area contributed by atoms with E-state index in [1.165, 1.54) is 25.3 Å². The van der Waals surface area contributed by atoms with Crippen LogP contribution in [0.1, 0.15) is 37.4 Å². The summed E-state index contributed by atoms with van der Waals surface area (Å²) < 4.78 is 83.3. The van der Waals surface area contributed by atoms with Crippen LogP contribution >= 0.6 is 11.6 Å². The summed E-state index contributed by atoms with van der Waals surface area (Å²) >= 11 is 5.86. The lowest BCUT2D eigenvalue weighted by Gasteiger charge is -2.15. The third kappa shape index (κ3) is 5.51. The van der Waals surface area contributed by atoms with Gasteiger partial charge in [-0.2, -0.15) is 26.3 Å². The van der Waals surface area contributed by atoms with Crippen LogP contribution in [0, 0.1) is 0 Å². The average molecular weight is 502 g/mol. The largest absolute Gasteiger partial charge is 0.496 e. The summed E-state index contributed by atoms with van der Waals surface area (Å²) in [7, 11) is 1.28. The minimum Gasteiger partial charge on any atom is -0.496 e. The van der Waals surface area contributed by atoms with Gasteiger partial charge < -0.3 is 10.1 Å². The van der Waals surface area contributed by atoms with Crippen molar-refractivity contribution in [2.75, 3.05) is 12.4 Å². The summed E-state index contributed by atoms with van der Waals surface area (Å²) in [5.41, 5.74) is -3.36. The molecule has 0 unspecified atom stereocenters. The molecule has 0 aliphatic heterocycles. The summed E-state index contributed by atoms with van der Waals surface area (Å²) in [6, 6.07) is 9.09. The van der Waals surface area contributed by atoms with Gasteiger partial charge in [-0.1, -0.05) is 23.7 Å². The van der Waals surface area contributed by atoms with Crippen LogP contribution in [-0.4, -0.2) is 18.8 Å². The fourth-order valence-electron chi connectivity index (χ4n) is 3.03. The smallest absolute Gasteiger partial charge is 0.416 e. The highest BCUT2D eigenvalue weighted by Crippen LogP contribution is 2.34. The number of halogens is 7. The first-order chi connectivity index (χ1) is 15.8. The Morgan fingerprint density at radius 1 is 0.794 bits per heavy atom. The molecule has 11 heteroatoms. The number of carbonyl (C=O) groups is 2. The molecule has 1 amide bonds. The molecule has 0 saturated heterocycles. The molecule has 3 aromatic rings. The summed E-state index contributed by atoms with van der Waals surface area (Å²) in [6.07, 6.45) is -9.47. The molecule has 3 rings (SSSR count). The topological polar surface area (TPSA) is 55.4 Å². The Morgan fingerprint density at radius 2 is 1.38 bits per heavy atom. The van der Waals surface area contributed by atoms with Crippen molar-refractivity contribution in [2.45, 2.75) is 12.4 Å². The van der Waals surface area contributed by atoms with Crippen molar-refractivity contribution in [3.8, 4) is 5.75 Å². The number of rotatable bonds is 5. The van der Waals surface area contributed by atoms with E-state index in [9.17, 15) is 35.9 Å². The minimum absolute atomic E-state index is 0.0141. The van der Waals surface area contributed by atoms with E-state index in [4.69, 9.17) is 16.3 Å². The number of anilines is 1. The van der Waals surface area contributed by atoms with Gasteiger partial charge in [-0.3, -0.25) is 9.59 Å². The number of ketones is 1. The van der Waals surface area contributed by atoms with Gasteiger partial charge in [0.05, 0.1) is 29.5 Å². The van der Waals surface area contributed by atoms with E-state index >= 15 is 0 Å². The molecule has 178 valence electrons. The Kier molecular flexibility index (Phi) is 6.92. The number of benzene rings is 3. The van der Waals surface area contributed by atoms with Crippen LogP contribution in [0.5, 0.6) is 5.75 Å². The second-order valence-electron chi connectivity index (χ2n) is 6.96. The molecule has 0 spiro atoms. The number of nitrogens with one attached hydrogen (secondary N) is 1. The standard InChI is InChI=1S/C23H14ClF6NO3/c1-34-19-11-15(24)7-8-16(19)21(33)31-18-9-6-14(23(28,29)30)10-17(18)20(32)12-2-4-13(5-3-12)22(25,26)27/h2-11H,1H3,(H,31,33). The van der Waals surface area contributed by atoms with Crippen LogP contribution in [0.15, 0.2) is 60.7 Å². The number of alkyl halides is 6. The molecule has 3 aromatic carbocycles. The van der Waals surface area contributed by atoms with Gasteiger partial charge >= 0.3 is 12.4 Å². The van der Waals surface area contributed by atoms with Crippen molar-refractivity contribution in [2.24, 2.45) is 0 Å². The second kappa shape index (κ2) is 9.38. The number of amides is 1. The molecule has 1 N–H and O–H groups in total. The van der Waals surface area contributed by atoms with Crippen molar-refractivity contribution in [1.29, 1.82) is 0 Å². The zero-order valence-electron chi connectivity index (χ0n) is 17.1. The Hall–Kier alpha value is -3.53. The Balaban J connectivity index is 2.03. The molecule has 4 nitrogen and oxygen atoms in total. The SMILES string of the molecule is COc1cc(Cl)ccc1C(=O)Nc1ccc(C(F)(F)F)cc1C(=O)c1ccc(C(F)(F)F)cc1. The summed E-state index contributed by atoms with van der Waals surface area (Å²) in [5, 5.41) is 2.62. The Morgan fingerprint density at radius 3 is 1.94 bits per heavy atom. The Bertz CT molecular complexity index is 1240. The highest BCUT2D eigenvalue weighted by Gasteiger charge is 2.33. The number of hydrogen-bond acceptors (Lipinski definition) is 3. The van der Waals surface area contributed by atoms with E-state index in [1.807, 2.05) is 0 Å². The molecular weight excluding hydrogens is 488 g/mol. The first kappa shape index (κ1) is 25.1. The van der Waals surface area contributed by atoms with Gasteiger partial charge in [0.2, 0.25) is 0 Å². The second-order valence-corrected chi connectivity index (χ2v) is 7.40. The predicted molar refractivity (Wildman–Crippen MR) is 112 cm³/mol. The lowest BCUT2D eigenvalue weighted by atomic mass is 9.98. The van der Waals surface area contributed by atoms with Crippen LogP contribution in [0.2, 0.25) is 5.02 Å². The minimum atomic E-state index is -4.81. The highest BCUT2D eigenvalue weighted by atomic mass is 35.5. The summed E-state index contributed by atoms with van der Waals surface area (Å²) in [6.45, 7) is 0. The van der Waals surface area contributed by atoms with E-state index in [0.29, 0.717) is 24.3 Å². The van der Waals surface area contributed by atoms with Gasteiger partial charge in [0, 0.05) is 16.1 Å². The third-order valence-corrected chi connectivity index (χ3v) is 4.96. The van der Waals surface area contributed by atoms with Crippen molar-refractivity contribution < 1.29 is 40.7 Å². The van der Waals surface area contributed by atoms with Gasteiger partial charge in [-0.25, -0.2) is 0 Å². The number of methoxy groups -OCH3 is 1. The molecule has 0 aliphatic rings. The van der Waals surface area contributed by atoms with E-state index in [-0.39, 0.29) is 27.6 Å². The molecule has 34 heavy (non-hydrogen) atoms. The van der Waals surface area contributed by atoms with Crippen molar-refractivity contribution >= 4 is 29.0 Å². The quantitative estimate of drug-likeness (QED) is 0.306. The average Bonchev–Trinajstić information content (AvgIpc) is 2.77. The Labute approximate surface area is 194 Å². The van der Waals surface area contributed by atoms with Gasteiger partial charge in [0.1, 0.15) is 5.75 Å². The number of carbonyl (C=O) groups excluding carboxylic acids is 2. The van der Waals surface area contributed by atoms with Crippen LogP contribution < -0.4 is 10.1 Å². The summed E-state index contributed by atoms with van der Waals surface area (Å²) in [5.74, 6) is -1.75.